The van der Waals surface area contributed by atoms with Gasteiger partial charge in [-0.1, -0.05) is 11.6 Å². The van der Waals surface area contributed by atoms with Gasteiger partial charge in [0.25, 0.3) is 0 Å². The normalized spacial score (nSPS) is 24.0. The lowest BCUT2D eigenvalue weighted by atomic mass is 9.86. The minimum absolute atomic E-state index is 0. The number of benzene rings is 1. The van der Waals surface area contributed by atoms with E-state index in [-0.39, 0.29) is 12.4 Å². The summed E-state index contributed by atoms with van der Waals surface area (Å²) in [5, 5.41) is 4.14. The third kappa shape index (κ3) is 4.05. The van der Waals surface area contributed by atoms with E-state index < -0.39 is 0 Å². The Bertz CT molecular complexity index is 534. The summed E-state index contributed by atoms with van der Waals surface area (Å²) in [5.41, 5.74) is 1.69. The Hall–Kier alpha value is -0.680. The van der Waals surface area contributed by atoms with Crippen LogP contribution in [-0.4, -0.2) is 44.8 Å². The molecular weight excluding hydrogens is 335 g/mol. The molecule has 1 aromatic carbocycles. The van der Waals surface area contributed by atoms with E-state index in [0.717, 1.165) is 31.9 Å². The van der Waals surface area contributed by atoms with Crippen molar-refractivity contribution in [1.82, 2.24) is 10.2 Å². The summed E-state index contributed by atoms with van der Waals surface area (Å²) in [6.07, 6.45) is 2.60. The lowest BCUT2D eigenvalue weighted by Crippen LogP contribution is -2.28. The molecule has 0 bridgehead atoms. The van der Waals surface area contributed by atoms with Gasteiger partial charge in [0.05, 0.1) is 18.7 Å². The SMILES string of the molecule is CCOc1c(Cl)cc(CN2CCC3(CCNC3)C2)cc1OC.Cl. The van der Waals surface area contributed by atoms with Crippen LogP contribution < -0.4 is 14.8 Å². The van der Waals surface area contributed by atoms with Crippen molar-refractivity contribution in [2.45, 2.75) is 26.3 Å². The quantitative estimate of drug-likeness (QED) is 0.872. The van der Waals surface area contributed by atoms with E-state index in [4.69, 9.17) is 21.1 Å². The largest absolute Gasteiger partial charge is 0.493 e. The van der Waals surface area contributed by atoms with Crippen molar-refractivity contribution in [1.29, 1.82) is 0 Å². The highest BCUT2D eigenvalue weighted by molar-refractivity contribution is 6.32. The van der Waals surface area contributed by atoms with Gasteiger partial charge >= 0.3 is 0 Å². The van der Waals surface area contributed by atoms with Crippen LogP contribution in [0.2, 0.25) is 5.02 Å². The predicted octanol–water partition coefficient (Wildman–Crippen LogP) is 3.35. The van der Waals surface area contributed by atoms with Crippen LogP contribution in [0, 0.1) is 5.41 Å². The molecule has 4 nitrogen and oxygen atoms in total. The molecule has 6 heteroatoms. The minimum Gasteiger partial charge on any atom is -0.493 e. The number of likely N-dealkylation sites (tertiary alicyclic amines) is 1. The van der Waals surface area contributed by atoms with E-state index in [1.807, 2.05) is 13.0 Å². The van der Waals surface area contributed by atoms with Gasteiger partial charge in [-0.3, -0.25) is 4.90 Å². The standard InChI is InChI=1S/C17H25ClN2O2.ClH/c1-3-22-16-14(18)8-13(9-15(16)21-2)10-20-7-5-17(12-20)4-6-19-11-17;/h8-9,19H,3-7,10-12H2,1-2H3;1H. The number of hydrogen-bond donors (Lipinski definition) is 1. The highest BCUT2D eigenvalue weighted by atomic mass is 35.5. The van der Waals surface area contributed by atoms with Crippen molar-refractivity contribution in [3.05, 3.63) is 22.7 Å². The van der Waals surface area contributed by atoms with Crippen molar-refractivity contribution in [3.8, 4) is 11.5 Å². The van der Waals surface area contributed by atoms with Crippen LogP contribution in [0.5, 0.6) is 11.5 Å². The zero-order valence-corrected chi connectivity index (χ0v) is 15.4. The van der Waals surface area contributed by atoms with Crippen LogP contribution in [0.3, 0.4) is 0 Å². The van der Waals surface area contributed by atoms with Gasteiger partial charge in [-0.25, -0.2) is 0 Å². The first kappa shape index (κ1) is 18.7. The molecular formula is C17H26Cl2N2O2. The number of hydrogen-bond acceptors (Lipinski definition) is 4. The Morgan fingerprint density at radius 3 is 2.83 bits per heavy atom. The number of nitrogens with zero attached hydrogens (tertiary/aromatic N) is 1. The van der Waals surface area contributed by atoms with Crippen molar-refractivity contribution in [2.24, 2.45) is 5.41 Å². The van der Waals surface area contributed by atoms with E-state index in [1.54, 1.807) is 7.11 Å². The summed E-state index contributed by atoms with van der Waals surface area (Å²) in [4.78, 5) is 2.53. The van der Waals surface area contributed by atoms with E-state index in [0.29, 0.717) is 22.8 Å². The zero-order valence-electron chi connectivity index (χ0n) is 13.9. The number of rotatable bonds is 5. The van der Waals surface area contributed by atoms with Crippen LogP contribution >= 0.6 is 24.0 Å². The molecule has 1 N–H and O–H groups in total. The summed E-state index contributed by atoms with van der Waals surface area (Å²) >= 11 is 6.36. The third-order valence-corrected chi connectivity index (χ3v) is 5.11. The van der Waals surface area contributed by atoms with E-state index in [1.165, 1.54) is 24.9 Å². The Labute approximate surface area is 149 Å². The molecule has 23 heavy (non-hydrogen) atoms. The summed E-state index contributed by atoms with van der Waals surface area (Å²) in [6, 6.07) is 4.06. The Morgan fingerprint density at radius 1 is 1.35 bits per heavy atom. The van der Waals surface area contributed by atoms with Crippen molar-refractivity contribution >= 4 is 24.0 Å². The molecule has 2 aliphatic rings. The summed E-state index contributed by atoms with van der Waals surface area (Å²) in [5.74, 6) is 1.37. The number of ether oxygens (including phenoxy) is 2. The zero-order chi connectivity index (χ0) is 15.6. The fourth-order valence-electron chi connectivity index (χ4n) is 3.71. The van der Waals surface area contributed by atoms with Crippen molar-refractivity contribution < 1.29 is 9.47 Å². The average molecular weight is 361 g/mol. The Morgan fingerprint density at radius 2 is 2.17 bits per heavy atom. The van der Waals surface area contributed by atoms with Crippen LogP contribution in [0.1, 0.15) is 25.3 Å². The Kier molecular flexibility index (Phi) is 6.43. The van der Waals surface area contributed by atoms with Crippen molar-refractivity contribution in [2.75, 3.05) is 39.9 Å². The first-order valence-electron chi connectivity index (χ1n) is 8.08. The summed E-state index contributed by atoms with van der Waals surface area (Å²) in [6.45, 7) is 8.11. The van der Waals surface area contributed by atoms with Crippen LogP contribution in [0.4, 0.5) is 0 Å². The molecule has 1 aromatic rings. The second-order valence-corrected chi connectivity index (χ2v) is 6.84. The average Bonchev–Trinajstić information content (AvgIpc) is 3.12. The minimum atomic E-state index is 0. The van der Waals surface area contributed by atoms with Gasteiger partial charge in [0.15, 0.2) is 11.5 Å². The first-order chi connectivity index (χ1) is 10.7. The summed E-state index contributed by atoms with van der Waals surface area (Å²) < 4.78 is 11.0. The second-order valence-electron chi connectivity index (χ2n) is 6.43. The molecule has 1 spiro atoms. The maximum absolute atomic E-state index is 6.36. The molecule has 0 amide bonds. The van der Waals surface area contributed by atoms with Gasteiger partial charge in [-0.15, -0.1) is 12.4 Å². The molecule has 1 unspecified atom stereocenters. The van der Waals surface area contributed by atoms with Gasteiger partial charge in [-0.2, -0.15) is 0 Å². The monoisotopic (exact) mass is 360 g/mol. The molecule has 2 saturated heterocycles. The molecule has 0 aromatic heterocycles. The number of nitrogens with one attached hydrogen (secondary N) is 1. The fraction of sp³-hybridized carbons (Fsp3) is 0.647. The van der Waals surface area contributed by atoms with E-state index in [2.05, 4.69) is 16.3 Å². The van der Waals surface area contributed by atoms with Crippen LogP contribution in [0.15, 0.2) is 12.1 Å². The lowest BCUT2D eigenvalue weighted by Gasteiger charge is -2.23. The molecule has 3 rings (SSSR count). The Balaban J connectivity index is 0.00000192. The maximum Gasteiger partial charge on any atom is 0.179 e. The molecule has 130 valence electrons. The molecule has 2 heterocycles. The predicted molar refractivity (Wildman–Crippen MR) is 96.2 cm³/mol. The molecule has 0 aliphatic carbocycles. The number of methoxy groups -OCH3 is 1. The van der Waals surface area contributed by atoms with Gasteiger partial charge in [-0.05, 0) is 56.0 Å². The van der Waals surface area contributed by atoms with E-state index in [9.17, 15) is 0 Å². The van der Waals surface area contributed by atoms with E-state index >= 15 is 0 Å². The maximum atomic E-state index is 6.36. The first-order valence-corrected chi connectivity index (χ1v) is 8.46. The highest BCUT2D eigenvalue weighted by Gasteiger charge is 2.40. The molecule has 0 radical (unpaired) electrons. The fourth-order valence-corrected chi connectivity index (χ4v) is 4.00. The van der Waals surface area contributed by atoms with Gasteiger partial charge in [0.1, 0.15) is 0 Å². The summed E-state index contributed by atoms with van der Waals surface area (Å²) in [7, 11) is 1.66. The van der Waals surface area contributed by atoms with Crippen molar-refractivity contribution in [3.63, 3.8) is 0 Å². The van der Waals surface area contributed by atoms with Crippen LogP contribution in [0.25, 0.3) is 0 Å². The molecule has 0 saturated carbocycles. The van der Waals surface area contributed by atoms with Gasteiger partial charge in [0.2, 0.25) is 0 Å². The van der Waals surface area contributed by atoms with Gasteiger partial charge < -0.3 is 14.8 Å². The lowest BCUT2D eigenvalue weighted by molar-refractivity contribution is 0.267. The second kappa shape index (κ2) is 7.93. The third-order valence-electron chi connectivity index (χ3n) is 4.83. The molecule has 2 fully saturated rings. The smallest absolute Gasteiger partial charge is 0.179 e. The van der Waals surface area contributed by atoms with Crippen LogP contribution in [-0.2, 0) is 6.54 Å². The molecule has 2 aliphatic heterocycles. The highest BCUT2D eigenvalue weighted by Crippen LogP contribution is 2.39. The molecule has 1 atom stereocenters. The number of halogens is 2. The van der Waals surface area contributed by atoms with Gasteiger partial charge in [0, 0.05) is 19.6 Å². The topological polar surface area (TPSA) is 33.7 Å².